The molecule has 3 aliphatic rings. The van der Waals surface area contributed by atoms with Crippen molar-refractivity contribution in [3.8, 4) is 6.07 Å². The van der Waals surface area contributed by atoms with Gasteiger partial charge in [-0.15, -0.1) is 0 Å². The number of hydrogen-bond acceptors (Lipinski definition) is 4. The van der Waals surface area contributed by atoms with E-state index in [1.807, 2.05) is 6.92 Å². The number of carbonyl (C=O) groups excluding carboxylic acids is 2. The number of alkyl halides is 1. The summed E-state index contributed by atoms with van der Waals surface area (Å²) >= 11 is 0. The zero-order valence-electron chi connectivity index (χ0n) is 18.4. The molecule has 1 aliphatic carbocycles. The first-order valence-corrected chi connectivity index (χ1v) is 10.9. The van der Waals surface area contributed by atoms with Crippen LogP contribution in [0.25, 0.3) is 0 Å². The highest BCUT2D eigenvalue weighted by atomic mass is 19.1. The molecular weight excluding hydrogens is 430 g/mol. The lowest BCUT2D eigenvalue weighted by Gasteiger charge is -2.44. The number of nitrogens with zero attached hydrogens (tertiary/aromatic N) is 5. The van der Waals surface area contributed by atoms with E-state index in [1.165, 1.54) is 12.1 Å². The number of carbonyl (C=O) groups is 2. The van der Waals surface area contributed by atoms with Crippen LogP contribution in [0.2, 0.25) is 0 Å². The summed E-state index contributed by atoms with van der Waals surface area (Å²) in [4.78, 5) is 29.5. The van der Waals surface area contributed by atoms with Crippen LogP contribution in [0.15, 0.2) is 18.2 Å². The molecular formula is C23H24F2N6O2. The fourth-order valence-electron chi connectivity index (χ4n) is 5.37. The first kappa shape index (κ1) is 21.4. The summed E-state index contributed by atoms with van der Waals surface area (Å²) in [6.45, 7) is 3.06. The first-order chi connectivity index (χ1) is 15.7. The molecule has 3 heterocycles. The van der Waals surface area contributed by atoms with Crippen LogP contribution in [0.1, 0.15) is 47.1 Å². The average Bonchev–Trinajstić information content (AvgIpc) is 3.03. The molecule has 33 heavy (non-hydrogen) atoms. The summed E-state index contributed by atoms with van der Waals surface area (Å²) < 4.78 is 29.1. The summed E-state index contributed by atoms with van der Waals surface area (Å²) in [5.74, 6) is -0.824. The topological polar surface area (TPSA) is 94.3 Å². The Bertz CT molecular complexity index is 1200. The van der Waals surface area contributed by atoms with Crippen molar-refractivity contribution in [1.29, 1.82) is 5.26 Å². The Kier molecular flexibility index (Phi) is 4.88. The van der Waals surface area contributed by atoms with E-state index in [1.54, 1.807) is 27.6 Å². The summed E-state index contributed by atoms with van der Waals surface area (Å²) in [6, 6.07) is 4.98. The second-order valence-electron chi connectivity index (χ2n) is 9.52. The monoisotopic (exact) mass is 454 g/mol. The minimum absolute atomic E-state index is 0.155. The van der Waals surface area contributed by atoms with Gasteiger partial charge in [-0.1, -0.05) is 0 Å². The Morgan fingerprint density at radius 2 is 2.09 bits per heavy atom. The van der Waals surface area contributed by atoms with Gasteiger partial charge in [0.25, 0.3) is 5.91 Å². The van der Waals surface area contributed by atoms with Gasteiger partial charge in [0.2, 0.25) is 0 Å². The maximum atomic E-state index is 13.7. The van der Waals surface area contributed by atoms with Gasteiger partial charge in [0.15, 0.2) is 0 Å². The quantitative estimate of drug-likeness (QED) is 0.717. The van der Waals surface area contributed by atoms with E-state index in [9.17, 15) is 18.4 Å². The molecule has 172 valence electrons. The van der Waals surface area contributed by atoms with Crippen molar-refractivity contribution in [2.24, 2.45) is 5.41 Å². The molecule has 1 saturated carbocycles. The zero-order chi connectivity index (χ0) is 23.5. The smallest absolute Gasteiger partial charge is 0.322 e. The lowest BCUT2D eigenvalue weighted by atomic mass is 9.67. The minimum atomic E-state index is -0.840. The second kappa shape index (κ2) is 7.54. The molecule has 0 saturated heterocycles. The van der Waals surface area contributed by atoms with E-state index in [0.29, 0.717) is 49.3 Å². The number of anilines is 1. The molecule has 5 rings (SSSR count). The van der Waals surface area contributed by atoms with E-state index >= 15 is 0 Å². The van der Waals surface area contributed by atoms with Crippen LogP contribution in [0.3, 0.4) is 0 Å². The molecule has 0 bridgehead atoms. The summed E-state index contributed by atoms with van der Waals surface area (Å²) in [6.07, 6.45) is 0.474. The third kappa shape index (κ3) is 3.52. The van der Waals surface area contributed by atoms with Crippen LogP contribution in [-0.2, 0) is 19.5 Å². The Morgan fingerprint density at radius 3 is 2.79 bits per heavy atom. The van der Waals surface area contributed by atoms with E-state index in [-0.39, 0.29) is 29.5 Å². The van der Waals surface area contributed by atoms with Crippen molar-refractivity contribution in [3.05, 3.63) is 46.5 Å². The van der Waals surface area contributed by atoms with Crippen molar-refractivity contribution < 1.29 is 18.4 Å². The third-order valence-corrected chi connectivity index (χ3v) is 7.00. The maximum absolute atomic E-state index is 13.7. The number of aromatic nitrogens is 2. The van der Waals surface area contributed by atoms with Crippen LogP contribution < -0.4 is 5.32 Å². The van der Waals surface area contributed by atoms with E-state index in [4.69, 9.17) is 10.4 Å². The number of benzene rings is 1. The zero-order valence-corrected chi connectivity index (χ0v) is 18.4. The number of hydrogen-bond donors (Lipinski definition) is 1. The average molecular weight is 454 g/mol. The Hall–Kier alpha value is -3.48. The van der Waals surface area contributed by atoms with Gasteiger partial charge in [-0.2, -0.15) is 10.4 Å². The molecule has 2 aliphatic heterocycles. The van der Waals surface area contributed by atoms with E-state index in [2.05, 4.69) is 5.32 Å². The number of nitriles is 1. The molecule has 1 aromatic heterocycles. The number of amides is 3. The van der Waals surface area contributed by atoms with Gasteiger partial charge in [0.1, 0.15) is 23.8 Å². The summed E-state index contributed by atoms with van der Waals surface area (Å²) in [7, 11) is 1.72. The predicted octanol–water partition coefficient (Wildman–Crippen LogP) is 3.08. The molecule has 10 heteroatoms. The third-order valence-electron chi connectivity index (χ3n) is 7.00. The highest BCUT2D eigenvalue weighted by molar-refractivity contribution is 5.95. The first-order valence-electron chi connectivity index (χ1n) is 10.9. The molecule has 8 nitrogen and oxygen atoms in total. The number of rotatable bonds is 1. The molecule has 1 N–H and O–H groups in total. The number of urea groups is 1. The fraction of sp³-hybridized carbons (Fsp3) is 0.478. The number of halogens is 2. The van der Waals surface area contributed by atoms with Gasteiger partial charge in [0.05, 0.1) is 17.8 Å². The molecule has 1 aromatic carbocycles. The Labute approximate surface area is 189 Å². The highest BCUT2D eigenvalue weighted by Gasteiger charge is 2.49. The van der Waals surface area contributed by atoms with Gasteiger partial charge in [0, 0.05) is 49.3 Å². The van der Waals surface area contributed by atoms with Gasteiger partial charge in [-0.3, -0.25) is 9.48 Å². The Morgan fingerprint density at radius 1 is 1.33 bits per heavy atom. The number of fused-ring (bicyclic) bond motifs is 3. The van der Waals surface area contributed by atoms with Gasteiger partial charge in [-0.05, 0) is 38.0 Å². The van der Waals surface area contributed by atoms with Crippen LogP contribution in [-0.4, -0.2) is 57.3 Å². The fourth-order valence-corrected chi connectivity index (χ4v) is 5.37. The predicted molar refractivity (Wildman–Crippen MR) is 115 cm³/mol. The van der Waals surface area contributed by atoms with Crippen molar-refractivity contribution >= 4 is 17.6 Å². The maximum Gasteiger partial charge on any atom is 0.322 e. The molecule has 1 atom stereocenters. The molecule has 0 unspecified atom stereocenters. The van der Waals surface area contributed by atoms with Crippen molar-refractivity contribution in [2.45, 2.75) is 51.5 Å². The van der Waals surface area contributed by atoms with E-state index in [0.717, 1.165) is 11.8 Å². The van der Waals surface area contributed by atoms with E-state index < -0.39 is 18.0 Å². The lowest BCUT2D eigenvalue weighted by Crippen LogP contribution is -2.48. The largest absolute Gasteiger partial charge is 0.340 e. The minimum Gasteiger partial charge on any atom is -0.340 e. The van der Waals surface area contributed by atoms with Crippen molar-refractivity contribution in [2.75, 3.05) is 18.9 Å². The van der Waals surface area contributed by atoms with Gasteiger partial charge < -0.3 is 15.1 Å². The Balaban J connectivity index is 1.42. The normalized spacial score (nSPS) is 26.2. The van der Waals surface area contributed by atoms with Gasteiger partial charge in [-0.25, -0.2) is 13.6 Å². The van der Waals surface area contributed by atoms with Gasteiger partial charge >= 0.3 is 6.03 Å². The van der Waals surface area contributed by atoms with Crippen LogP contribution in [0, 0.1) is 22.6 Å². The second-order valence-corrected chi connectivity index (χ2v) is 9.52. The molecule has 1 spiro atoms. The SMILES string of the molecule is C[C@@H]1Cc2nn3c(c2CN1C(=O)Nc1ccc(F)c(C#N)c1)C(=O)N(C)CC1(CC(F)C1)C3. The molecule has 2 aromatic rings. The standard InChI is InChI=1S/C23H24F2N6O2/c1-13-5-19-17(10-30(13)22(33)27-16-3-4-18(25)14(6-16)9-26)20-21(32)29(2)11-23(7-15(24)8-23)12-31(20)28-19/h3-4,6,13,15H,5,7-8,10-12H2,1-2H3,(H,27,33)/t13-,15?,23?/m1/s1. The van der Waals surface area contributed by atoms with Crippen molar-refractivity contribution in [3.63, 3.8) is 0 Å². The highest BCUT2D eigenvalue weighted by Crippen LogP contribution is 2.47. The summed E-state index contributed by atoms with van der Waals surface area (Å²) in [5, 5.41) is 16.5. The molecule has 3 amide bonds. The lowest BCUT2D eigenvalue weighted by molar-refractivity contribution is -0.00791. The van der Waals surface area contributed by atoms with Crippen LogP contribution in [0.4, 0.5) is 19.3 Å². The molecule has 1 fully saturated rings. The summed E-state index contributed by atoms with van der Waals surface area (Å²) in [5.41, 5.74) is 1.82. The van der Waals surface area contributed by atoms with Crippen LogP contribution >= 0.6 is 0 Å². The van der Waals surface area contributed by atoms with Crippen molar-refractivity contribution in [1.82, 2.24) is 19.6 Å². The molecule has 0 radical (unpaired) electrons. The van der Waals surface area contributed by atoms with Crippen LogP contribution in [0.5, 0.6) is 0 Å². The number of nitrogens with one attached hydrogen (secondary N) is 1.